The smallest absolute Gasteiger partial charge is 0.308 e. The van der Waals surface area contributed by atoms with Gasteiger partial charge in [0.15, 0.2) is 0 Å². The summed E-state index contributed by atoms with van der Waals surface area (Å²) in [6, 6.07) is 7.77. The van der Waals surface area contributed by atoms with Crippen LogP contribution in [0.1, 0.15) is 30.9 Å². The Hall–Kier alpha value is -2.43. The van der Waals surface area contributed by atoms with E-state index in [-0.39, 0.29) is 12.0 Å². The van der Waals surface area contributed by atoms with Gasteiger partial charge in [-0.3, -0.25) is 9.59 Å². The Kier molecular flexibility index (Phi) is 3.98. The third kappa shape index (κ3) is 3.12. The molecule has 0 saturated carbocycles. The largest absolute Gasteiger partial charge is 0.481 e. The molecule has 5 nitrogen and oxygen atoms in total. The molecule has 0 fully saturated rings. The van der Waals surface area contributed by atoms with Gasteiger partial charge in [0, 0.05) is 17.3 Å². The fourth-order valence-corrected chi connectivity index (χ4v) is 1.88. The summed E-state index contributed by atoms with van der Waals surface area (Å²) in [5.41, 5.74) is 1.75. The summed E-state index contributed by atoms with van der Waals surface area (Å²) in [5.74, 6) is -0.167. The SMILES string of the molecule is CC(C)c1ccc(-c2ncc(CC(=O)O)c(=O)[nH]2)cc1. The number of hydrogen-bond donors (Lipinski definition) is 2. The monoisotopic (exact) mass is 272 g/mol. The molecule has 1 aromatic heterocycles. The number of carboxylic acids is 1. The molecule has 104 valence electrons. The molecule has 20 heavy (non-hydrogen) atoms. The second-order valence-electron chi connectivity index (χ2n) is 4.93. The number of benzene rings is 1. The van der Waals surface area contributed by atoms with Crippen molar-refractivity contribution in [2.75, 3.05) is 0 Å². The summed E-state index contributed by atoms with van der Waals surface area (Å²) in [4.78, 5) is 29.1. The molecular formula is C15H16N2O3. The first-order valence-corrected chi connectivity index (χ1v) is 6.37. The molecule has 0 aliphatic carbocycles. The van der Waals surface area contributed by atoms with E-state index in [0.717, 1.165) is 5.56 Å². The number of nitrogens with zero attached hydrogens (tertiary/aromatic N) is 1. The van der Waals surface area contributed by atoms with Crippen LogP contribution in [0.2, 0.25) is 0 Å². The van der Waals surface area contributed by atoms with Crippen LogP contribution in [0.4, 0.5) is 0 Å². The Balaban J connectivity index is 2.31. The average molecular weight is 272 g/mol. The summed E-state index contributed by atoms with van der Waals surface area (Å²) < 4.78 is 0. The molecule has 0 amide bonds. The van der Waals surface area contributed by atoms with E-state index in [1.54, 1.807) is 0 Å². The summed E-state index contributed by atoms with van der Waals surface area (Å²) >= 11 is 0. The zero-order chi connectivity index (χ0) is 14.7. The Morgan fingerprint density at radius 1 is 1.30 bits per heavy atom. The lowest BCUT2D eigenvalue weighted by atomic mass is 10.0. The van der Waals surface area contributed by atoms with Gasteiger partial charge in [0.2, 0.25) is 0 Å². The van der Waals surface area contributed by atoms with Crippen LogP contribution < -0.4 is 5.56 Å². The number of aromatic nitrogens is 2. The Bertz CT molecular complexity index is 672. The van der Waals surface area contributed by atoms with E-state index >= 15 is 0 Å². The van der Waals surface area contributed by atoms with Gasteiger partial charge in [-0.15, -0.1) is 0 Å². The fourth-order valence-electron chi connectivity index (χ4n) is 1.88. The first kappa shape index (κ1) is 14.0. The molecular weight excluding hydrogens is 256 g/mol. The van der Waals surface area contributed by atoms with Crippen LogP contribution in [0.5, 0.6) is 0 Å². The van der Waals surface area contributed by atoms with E-state index in [2.05, 4.69) is 23.8 Å². The third-order valence-corrected chi connectivity index (χ3v) is 3.07. The maximum absolute atomic E-state index is 11.8. The Morgan fingerprint density at radius 3 is 2.45 bits per heavy atom. The van der Waals surface area contributed by atoms with E-state index in [1.165, 1.54) is 11.8 Å². The maximum Gasteiger partial charge on any atom is 0.308 e. The van der Waals surface area contributed by atoms with Gasteiger partial charge in [-0.05, 0) is 11.5 Å². The summed E-state index contributed by atoms with van der Waals surface area (Å²) in [6.07, 6.45) is 0.994. The number of rotatable bonds is 4. The molecule has 5 heteroatoms. The van der Waals surface area contributed by atoms with Crippen molar-refractivity contribution in [3.05, 3.63) is 51.9 Å². The standard InChI is InChI=1S/C15H16N2O3/c1-9(2)10-3-5-11(6-4-10)14-16-8-12(7-13(18)19)15(20)17-14/h3-6,8-9H,7H2,1-2H3,(H,18,19)(H,16,17,20). The highest BCUT2D eigenvalue weighted by atomic mass is 16.4. The molecule has 2 aromatic rings. The molecule has 2 N–H and O–H groups in total. The van der Waals surface area contributed by atoms with Crippen molar-refractivity contribution in [1.82, 2.24) is 9.97 Å². The molecule has 0 aliphatic rings. The number of hydrogen-bond acceptors (Lipinski definition) is 3. The van der Waals surface area contributed by atoms with Crippen LogP contribution in [0, 0.1) is 0 Å². The maximum atomic E-state index is 11.8. The van der Waals surface area contributed by atoms with Crippen LogP contribution in [0.15, 0.2) is 35.3 Å². The number of carboxylic acid groups (broad SMARTS) is 1. The van der Waals surface area contributed by atoms with Crippen molar-refractivity contribution in [1.29, 1.82) is 0 Å². The van der Waals surface area contributed by atoms with Crippen molar-refractivity contribution < 1.29 is 9.90 Å². The van der Waals surface area contributed by atoms with Gasteiger partial charge in [0.25, 0.3) is 5.56 Å². The zero-order valence-electron chi connectivity index (χ0n) is 11.4. The average Bonchev–Trinajstić information content (AvgIpc) is 2.41. The lowest BCUT2D eigenvalue weighted by molar-refractivity contribution is -0.136. The number of aliphatic carboxylic acids is 1. The van der Waals surface area contributed by atoms with Crippen LogP contribution in [-0.2, 0) is 11.2 Å². The highest BCUT2D eigenvalue weighted by Gasteiger charge is 2.08. The molecule has 0 spiro atoms. The molecule has 0 radical (unpaired) electrons. The summed E-state index contributed by atoms with van der Waals surface area (Å²) in [7, 11) is 0. The minimum absolute atomic E-state index is 0.153. The molecule has 0 atom stereocenters. The second kappa shape index (κ2) is 5.69. The predicted molar refractivity (Wildman–Crippen MR) is 75.7 cm³/mol. The van der Waals surface area contributed by atoms with Crippen LogP contribution in [-0.4, -0.2) is 21.0 Å². The topological polar surface area (TPSA) is 83.0 Å². The third-order valence-electron chi connectivity index (χ3n) is 3.07. The van der Waals surface area contributed by atoms with Gasteiger partial charge in [-0.2, -0.15) is 0 Å². The summed E-state index contributed by atoms with van der Waals surface area (Å²) in [5, 5.41) is 8.68. The van der Waals surface area contributed by atoms with Crippen molar-refractivity contribution in [2.45, 2.75) is 26.2 Å². The van der Waals surface area contributed by atoms with Gasteiger partial charge < -0.3 is 10.1 Å². The minimum atomic E-state index is -1.05. The number of H-pyrrole nitrogens is 1. The molecule has 1 heterocycles. The summed E-state index contributed by atoms with van der Waals surface area (Å²) in [6.45, 7) is 4.21. The lowest BCUT2D eigenvalue weighted by Gasteiger charge is -2.06. The normalized spacial score (nSPS) is 10.8. The van der Waals surface area contributed by atoms with Crippen LogP contribution in [0.25, 0.3) is 11.4 Å². The van der Waals surface area contributed by atoms with Gasteiger partial charge >= 0.3 is 5.97 Å². The lowest BCUT2D eigenvalue weighted by Crippen LogP contribution is -2.17. The van der Waals surface area contributed by atoms with Gasteiger partial charge in [0.05, 0.1) is 6.42 Å². The van der Waals surface area contributed by atoms with E-state index in [1.807, 2.05) is 24.3 Å². The molecule has 0 aliphatic heterocycles. The van der Waals surface area contributed by atoms with Gasteiger partial charge in [0.1, 0.15) is 5.82 Å². The molecule has 0 saturated heterocycles. The van der Waals surface area contributed by atoms with Crippen molar-refractivity contribution in [3.8, 4) is 11.4 Å². The van der Waals surface area contributed by atoms with Crippen LogP contribution in [0.3, 0.4) is 0 Å². The van der Waals surface area contributed by atoms with E-state index in [4.69, 9.17) is 5.11 Å². The second-order valence-corrected chi connectivity index (χ2v) is 4.93. The fraction of sp³-hybridized carbons (Fsp3) is 0.267. The number of aromatic amines is 1. The molecule has 0 bridgehead atoms. The minimum Gasteiger partial charge on any atom is -0.481 e. The highest BCUT2D eigenvalue weighted by Crippen LogP contribution is 2.19. The van der Waals surface area contributed by atoms with E-state index in [9.17, 15) is 9.59 Å². The van der Waals surface area contributed by atoms with Crippen molar-refractivity contribution in [3.63, 3.8) is 0 Å². The molecule has 1 aromatic carbocycles. The molecule has 0 unspecified atom stereocenters. The van der Waals surface area contributed by atoms with Gasteiger partial charge in [-0.25, -0.2) is 4.98 Å². The van der Waals surface area contributed by atoms with Crippen molar-refractivity contribution in [2.24, 2.45) is 0 Å². The zero-order valence-corrected chi connectivity index (χ0v) is 11.4. The number of carbonyl (C=O) groups is 1. The highest BCUT2D eigenvalue weighted by molar-refractivity contribution is 5.70. The Labute approximate surface area is 116 Å². The van der Waals surface area contributed by atoms with Gasteiger partial charge in [-0.1, -0.05) is 38.1 Å². The number of nitrogens with one attached hydrogen (secondary N) is 1. The van der Waals surface area contributed by atoms with E-state index < -0.39 is 11.5 Å². The first-order valence-electron chi connectivity index (χ1n) is 6.37. The van der Waals surface area contributed by atoms with Crippen LogP contribution >= 0.6 is 0 Å². The quantitative estimate of drug-likeness (QED) is 0.893. The first-order chi connectivity index (χ1) is 9.47. The molecule has 2 rings (SSSR count). The predicted octanol–water partition coefficient (Wildman–Crippen LogP) is 2.19. The Morgan fingerprint density at radius 2 is 1.95 bits per heavy atom. The van der Waals surface area contributed by atoms with Crippen molar-refractivity contribution >= 4 is 5.97 Å². The van der Waals surface area contributed by atoms with E-state index in [0.29, 0.717) is 11.7 Å².